The molecule has 1 heterocycles. The van der Waals surface area contributed by atoms with E-state index in [4.69, 9.17) is 16.3 Å². The second-order valence-electron chi connectivity index (χ2n) is 5.98. The maximum absolute atomic E-state index is 12.2. The maximum atomic E-state index is 12.2. The Labute approximate surface area is 170 Å². The third-order valence-corrected chi connectivity index (χ3v) is 7.27. The van der Waals surface area contributed by atoms with Crippen LogP contribution in [0.1, 0.15) is 13.3 Å². The maximum Gasteiger partial charge on any atom is 0.387 e. The van der Waals surface area contributed by atoms with Crippen LogP contribution in [0.3, 0.4) is 0 Å². The molecule has 1 aliphatic rings. The number of benzene rings is 1. The second kappa shape index (κ2) is 9.75. The summed E-state index contributed by atoms with van der Waals surface area (Å²) in [6, 6.07) is 3.71. The molecule has 7 nitrogen and oxygen atoms in total. The quantitative estimate of drug-likeness (QED) is 0.599. The number of sulfone groups is 1. The highest BCUT2D eigenvalue weighted by Gasteiger charge is 2.29. The van der Waals surface area contributed by atoms with Crippen LogP contribution in [-0.2, 0) is 24.2 Å². The molecule has 12 heteroatoms. The van der Waals surface area contributed by atoms with Crippen LogP contribution in [0.4, 0.5) is 14.5 Å². The molecule has 0 aromatic heterocycles. The molecule has 0 unspecified atom stereocenters. The van der Waals surface area contributed by atoms with Gasteiger partial charge in [-0.05, 0) is 31.5 Å². The predicted molar refractivity (Wildman–Crippen MR) is 102 cm³/mol. The number of esters is 1. The van der Waals surface area contributed by atoms with Crippen LogP contribution in [0.5, 0.6) is 5.75 Å². The topological polar surface area (TPSA) is 98.8 Å². The molecule has 1 amide bonds. The molecule has 2 atom stereocenters. The van der Waals surface area contributed by atoms with Gasteiger partial charge in [0.2, 0.25) is 0 Å². The van der Waals surface area contributed by atoms with Crippen LogP contribution in [0.25, 0.3) is 0 Å². The number of nitrogens with one attached hydrogen (secondary N) is 1. The van der Waals surface area contributed by atoms with Gasteiger partial charge in [-0.1, -0.05) is 11.6 Å². The minimum atomic E-state index is -3.03. The zero-order valence-electron chi connectivity index (χ0n) is 14.7. The van der Waals surface area contributed by atoms with Crippen molar-refractivity contribution in [2.45, 2.75) is 31.3 Å². The van der Waals surface area contributed by atoms with E-state index in [-0.39, 0.29) is 39.0 Å². The van der Waals surface area contributed by atoms with E-state index < -0.39 is 34.4 Å². The molecule has 1 aliphatic heterocycles. The highest BCUT2D eigenvalue weighted by molar-refractivity contribution is 8.02. The van der Waals surface area contributed by atoms with Gasteiger partial charge >= 0.3 is 12.6 Å². The Balaban J connectivity index is 1.80. The van der Waals surface area contributed by atoms with Crippen molar-refractivity contribution >= 4 is 50.8 Å². The van der Waals surface area contributed by atoms with Crippen molar-refractivity contribution in [2.24, 2.45) is 0 Å². The van der Waals surface area contributed by atoms with Gasteiger partial charge in [-0.2, -0.15) is 8.78 Å². The molecule has 1 fully saturated rings. The van der Waals surface area contributed by atoms with Gasteiger partial charge in [-0.15, -0.1) is 11.8 Å². The lowest BCUT2D eigenvalue weighted by Crippen LogP contribution is -2.30. The summed E-state index contributed by atoms with van der Waals surface area (Å²) >= 11 is 6.99. The van der Waals surface area contributed by atoms with Gasteiger partial charge in [-0.25, -0.2) is 8.42 Å². The number of alkyl halides is 2. The van der Waals surface area contributed by atoms with E-state index in [1.54, 1.807) is 0 Å². The zero-order valence-corrected chi connectivity index (χ0v) is 17.1. The Morgan fingerprint density at radius 1 is 1.39 bits per heavy atom. The van der Waals surface area contributed by atoms with E-state index in [1.807, 2.05) is 0 Å². The number of thioether (sulfide) groups is 1. The first-order valence-electron chi connectivity index (χ1n) is 8.12. The van der Waals surface area contributed by atoms with Crippen LogP contribution in [0.2, 0.25) is 5.02 Å². The van der Waals surface area contributed by atoms with Crippen molar-refractivity contribution in [3.63, 3.8) is 0 Å². The predicted octanol–water partition coefficient (Wildman–Crippen LogP) is 2.73. The van der Waals surface area contributed by atoms with Crippen molar-refractivity contribution in [1.29, 1.82) is 0 Å². The van der Waals surface area contributed by atoms with Gasteiger partial charge in [0, 0.05) is 10.9 Å². The number of carbonyl (C=O) groups excluding carboxylic acids is 2. The van der Waals surface area contributed by atoms with Crippen LogP contribution < -0.4 is 10.1 Å². The van der Waals surface area contributed by atoms with E-state index in [1.165, 1.54) is 36.9 Å². The van der Waals surface area contributed by atoms with Crippen LogP contribution in [0.15, 0.2) is 18.2 Å². The molecule has 1 aromatic rings. The summed E-state index contributed by atoms with van der Waals surface area (Å²) in [7, 11) is -3.03. The smallest absolute Gasteiger partial charge is 0.387 e. The SMILES string of the molecule is C[C@H](OC(=O)CS[C@@H]1CCS(=O)(=O)C1)C(=O)Nc1ccc(OC(F)F)c(Cl)c1. The Kier molecular flexibility index (Phi) is 7.90. The molecule has 156 valence electrons. The molecule has 0 spiro atoms. The average Bonchev–Trinajstić information content (AvgIpc) is 2.94. The van der Waals surface area contributed by atoms with Gasteiger partial charge in [0.15, 0.2) is 15.9 Å². The van der Waals surface area contributed by atoms with Gasteiger partial charge in [0.25, 0.3) is 5.91 Å². The second-order valence-corrected chi connectivity index (χ2v) is 9.91. The summed E-state index contributed by atoms with van der Waals surface area (Å²) in [5.41, 5.74) is 0.213. The van der Waals surface area contributed by atoms with Gasteiger partial charge in [0.05, 0.1) is 22.3 Å². The molecule has 1 N–H and O–H groups in total. The summed E-state index contributed by atoms with van der Waals surface area (Å²) in [6.45, 7) is -1.66. The molecule has 0 bridgehead atoms. The fourth-order valence-corrected chi connectivity index (χ4v) is 6.03. The average molecular weight is 458 g/mol. The summed E-state index contributed by atoms with van der Waals surface area (Å²) in [5, 5.41) is 2.17. The standard InChI is InChI=1S/C16H18ClF2NO6S2/c1-9(25-14(21)7-27-11-4-5-28(23,24)8-11)15(22)20-10-2-3-13(12(17)6-10)26-16(18)19/h2-3,6,9,11,16H,4-5,7-8H2,1H3,(H,20,22)/t9-,11+/m0/s1. The number of amides is 1. The largest absolute Gasteiger partial charge is 0.452 e. The molecule has 0 radical (unpaired) electrons. The highest BCUT2D eigenvalue weighted by Crippen LogP contribution is 2.29. The first-order chi connectivity index (χ1) is 13.1. The third kappa shape index (κ3) is 7.10. The van der Waals surface area contributed by atoms with Crippen molar-refractivity contribution < 1.29 is 36.3 Å². The Hall–Kier alpha value is -1.59. The minimum absolute atomic E-state index is 0.0347. The molecule has 0 saturated carbocycles. The summed E-state index contributed by atoms with van der Waals surface area (Å²) in [5.74, 6) is -1.44. The number of halogens is 3. The van der Waals surface area contributed by atoms with Crippen LogP contribution in [0, 0.1) is 0 Å². The van der Waals surface area contributed by atoms with E-state index in [9.17, 15) is 26.8 Å². The Morgan fingerprint density at radius 2 is 2.11 bits per heavy atom. The molecule has 1 aromatic carbocycles. The molecular weight excluding hydrogens is 440 g/mol. The molecule has 1 saturated heterocycles. The van der Waals surface area contributed by atoms with E-state index in [0.717, 1.165) is 0 Å². The fourth-order valence-electron chi connectivity index (χ4n) is 2.38. The van der Waals surface area contributed by atoms with E-state index in [0.29, 0.717) is 6.42 Å². The number of carbonyl (C=O) groups is 2. The molecular formula is C16H18ClF2NO6S2. The van der Waals surface area contributed by atoms with Crippen molar-refractivity contribution in [2.75, 3.05) is 22.6 Å². The normalized spacial score (nSPS) is 19.2. The van der Waals surface area contributed by atoms with Gasteiger partial charge in [-0.3, -0.25) is 9.59 Å². The molecule has 0 aliphatic carbocycles. The number of ether oxygens (including phenoxy) is 2. The van der Waals surface area contributed by atoms with Gasteiger partial charge in [0.1, 0.15) is 5.75 Å². The third-order valence-electron chi connectivity index (χ3n) is 3.72. The monoisotopic (exact) mass is 457 g/mol. The van der Waals surface area contributed by atoms with Crippen molar-refractivity contribution in [3.8, 4) is 5.75 Å². The number of hydrogen-bond acceptors (Lipinski definition) is 7. The molecule has 2 rings (SSSR count). The van der Waals surface area contributed by atoms with Crippen molar-refractivity contribution in [3.05, 3.63) is 23.2 Å². The number of rotatable bonds is 8. The lowest BCUT2D eigenvalue weighted by atomic mass is 10.3. The Morgan fingerprint density at radius 3 is 2.68 bits per heavy atom. The number of hydrogen-bond donors (Lipinski definition) is 1. The lowest BCUT2D eigenvalue weighted by molar-refractivity contribution is -0.150. The van der Waals surface area contributed by atoms with Gasteiger partial charge < -0.3 is 14.8 Å². The first kappa shape index (κ1) is 22.7. The van der Waals surface area contributed by atoms with Crippen molar-refractivity contribution in [1.82, 2.24) is 0 Å². The minimum Gasteiger partial charge on any atom is -0.452 e. The highest BCUT2D eigenvalue weighted by atomic mass is 35.5. The summed E-state index contributed by atoms with van der Waals surface area (Å²) in [4.78, 5) is 23.9. The molecule has 28 heavy (non-hydrogen) atoms. The number of anilines is 1. The van der Waals surface area contributed by atoms with E-state index >= 15 is 0 Å². The summed E-state index contributed by atoms with van der Waals surface area (Å²) in [6.07, 6.45) is -0.626. The zero-order chi connectivity index (χ0) is 20.9. The first-order valence-corrected chi connectivity index (χ1v) is 11.4. The lowest BCUT2D eigenvalue weighted by Gasteiger charge is -2.15. The Bertz CT molecular complexity index is 836. The van der Waals surface area contributed by atoms with E-state index in [2.05, 4.69) is 10.1 Å². The van der Waals surface area contributed by atoms with Crippen LogP contribution >= 0.6 is 23.4 Å². The summed E-state index contributed by atoms with van der Waals surface area (Å²) < 4.78 is 56.4. The fraction of sp³-hybridized carbons (Fsp3) is 0.500. The van der Waals surface area contributed by atoms with Crippen LogP contribution in [-0.4, -0.2) is 55.5 Å².